The van der Waals surface area contributed by atoms with Crippen molar-refractivity contribution in [3.8, 4) is 0 Å². The average Bonchev–Trinajstić information content (AvgIpc) is 2.63. The zero-order chi connectivity index (χ0) is 19.6. The van der Waals surface area contributed by atoms with E-state index in [0.717, 1.165) is 28.5 Å². The number of thioether (sulfide) groups is 1. The van der Waals surface area contributed by atoms with E-state index >= 15 is 0 Å². The number of hydrogen-bond acceptors (Lipinski definition) is 5. The average molecular weight is 408 g/mol. The first-order chi connectivity index (χ1) is 13.0. The van der Waals surface area contributed by atoms with Gasteiger partial charge in [0.05, 0.1) is 11.3 Å². The molecule has 1 aliphatic rings. The van der Waals surface area contributed by atoms with E-state index in [1.54, 1.807) is 17.8 Å². The van der Waals surface area contributed by atoms with Gasteiger partial charge in [0, 0.05) is 22.8 Å². The Morgan fingerprint density at radius 1 is 1.41 bits per heavy atom. The van der Waals surface area contributed by atoms with Crippen LogP contribution in [0, 0.1) is 5.92 Å². The molecule has 1 aromatic carbocycles. The monoisotopic (exact) mass is 407 g/mol. The topological polar surface area (TPSA) is 58.9 Å². The maximum atomic E-state index is 12.6. The van der Waals surface area contributed by atoms with Gasteiger partial charge in [-0.15, -0.1) is 11.8 Å². The third kappa shape index (κ3) is 6.74. The number of carbonyl (C=O) groups excluding carboxylic acids is 1. The smallest absolute Gasteiger partial charge is 0.168 e. The maximum Gasteiger partial charge on any atom is 0.168 e. The molecule has 0 spiro atoms. The predicted octanol–water partition coefficient (Wildman–Crippen LogP) is 5.97. The Hall–Kier alpha value is -1.72. The van der Waals surface area contributed by atoms with Crippen LogP contribution in [0.1, 0.15) is 39.0 Å². The SMILES string of the molecule is C=CCON=C(CCC)C1=C(O)CC(CCSc2ccc(Cl)cc2)CC1=O. The van der Waals surface area contributed by atoms with E-state index in [4.69, 9.17) is 16.4 Å². The summed E-state index contributed by atoms with van der Waals surface area (Å²) in [5.74, 6) is 1.13. The van der Waals surface area contributed by atoms with E-state index in [-0.39, 0.29) is 24.1 Å². The van der Waals surface area contributed by atoms with E-state index in [0.29, 0.717) is 30.5 Å². The first-order valence-corrected chi connectivity index (χ1v) is 10.5. The molecule has 1 N–H and O–H groups in total. The minimum absolute atomic E-state index is 0.0466. The summed E-state index contributed by atoms with van der Waals surface area (Å²) in [4.78, 5) is 18.9. The highest BCUT2D eigenvalue weighted by atomic mass is 35.5. The van der Waals surface area contributed by atoms with Gasteiger partial charge >= 0.3 is 0 Å². The van der Waals surface area contributed by atoms with Crippen molar-refractivity contribution in [1.82, 2.24) is 0 Å². The molecule has 146 valence electrons. The van der Waals surface area contributed by atoms with Crippen molar-refractivity contribution in [2.45, 2.75) is 43.9 Å². The number of halogens is 1. The summed E-state index contributed by atoms with van der Waals surface area (Å²) in [5, 5.41) is 15.3. The van der Waals surface area contributed by atoms with Crippen LogP contribution in [0.2, 0.25) is 5.02 Å². The summed E-state index contributed by atoms with van der Waals surface area (Å²) in [5.41, 5.74) is 0.887. The molecule has 0 aliphatic heterocycles. The molecule has 1 aromatic rings. The first kappa shape index (κ1) is 21.6. The number of aliphatic hydroxyl groups is 1. The summed E-state index contributed by atoms with van der Waals surface area (Å²) >= 11 is 7.63. The Bertz CT molecular complexity index is 713. The van der Waals surface area contributed by atoms with Gasteiger partial charge in [0.1, 0.15) is 12.4 Å². The van der Waals surface area contributed by atoms with E-state index in [2.05, 4.69) is 11.7 Å². The van der Waals surface area contributed by atoms with Gasteiger partial charge in [-0.05, 0) is 48.8 Å². The molecule has 0 aromatic heterocycles. The molecule has 1 atom stereocenters. The number of allylic oxidation sites excluding steroid dienone is 2. The Balaban J connectivity index is 1.96. The van der Waals surface area contributed by atoms with Crippen molar-refractivity contribution < 1.29 is 14.7 Å². The number of oxime groups is 1. The summed E-state index contributed by atoms with van der Waals surface area (Å²) in [6.45, 7) is 5.86. The third-order valence-corrected chi connectivity index (χ3v) is 5.57. The summed E-state index contributed by atoms with van der Waals surface area (Å²) < 4.78 is 0. The van der Waals surface area contributed by atoms with Gasteiger partial charge < -0.3 is 9.94 Å². The summed E-state index contributed by atoms with van der Waals surface area (Å²) in [6, 6.07) is 7.73. The molecule has 1 aliphatic carbocycles. The Morgan fingerprint density at radius 3 is 2.78 bits per heavy atom. The fourth-order valence-electron chi connectivity index (χ4n) is 3.00. The lowest BCUT2D eigenvalue weighted by atomic mass is 9.83. The number of rotatable bonds is 10. The Kier molecular flexibility index (Phi) is 8.95. The van der Waals surface area contributed by atoms with Crippen LogP contribution in [0.15, 0.2) is 58.3 Å². The molecular weight excluding hydrogens is 382 g/mol. The van der Waals surface area contributed by atoms with Crippen molar-refractivity contribution in [2.24, 2.45) is 11.1 Å². The van der Waals surface area contributed by atoms with E-state index in [9.17, 15) is 9.90 Å². The van der Waals surface area contributed by atoms with Crippen LogP contribution in [0.25, 0.3) is 0 Å². The Labute approximate surface area is 170 Å². The molecule has 0 heterocycles. The van der Waals surface area contributed by atoms with E-state index < -0.39 is 0 Å². The number of nitrogens with zero attached hydrogens (tertiary/aromatic N) is 1. The predicted molar refractivity (Wildman–Crippen MR) is 113 cm³/mol. The zero-order valence-corrected chi connectivity index (χ0v) is 17.2. The second-order valence-corrected chi connectivity index (χ2v) is 8.09. The quantitative estimate of drug-likeness (QED) is 0.170. The molecule has 2 rings (SSSR count). The molecule has 0 amide bonds. The van der Waals surface area contributed by atoms with Crippen LogP contribution >= 0.6 is 23.4 Å². The minimum atomic E-state index is -0.0466. The highest BCUT2D eigenvalue weighted by Gasteiger charge is 2.30. The van der Waals surface area contributed by atoms with Crippen molar-refractivity contribution >= 4 is 34.9 Å². The van der Waals surface area contributed by atoms with Gasteiger partial charge in [0.15, 0.2) is 5.78 Å². The molecule has 0 bridgehead atoms. The van der Waals surface area contributed by atoms with Crippen molar-refractivity contribution in [1.29, 1.82) is 0 Å². The number of ketones is 1. The number of Topliss-reactive ketones (excluding diaryl/α,β-unsaturated/α-hetero) is 1. The van der Waals surface area contributed by atoms with Crippen LogP contribution < -0.4 is 0 Å². The Morgan fingerprint density at radius 2 is 2.15 bits per heavy atom. The first-order valence-electron chi connectivity index (χ1n) is 9.18. The van der Waals surface area contributed by atoms with Crippen LogP contribution in [0.5, 0.6) is 0 Å². The third-order valence-electron chi connectivity index (χ3n) is 4.27. The number of aliphatic hydroxyl groups excluding tert-OH is 1. The molecule has 0 saturated heterocycles. The van der Waals surface area contributed by atoms with Crippen LogP contribution in [0.4, 0.5) is 0 Å². The zero-order valence-electron chi connectivity index (χ0n) is 15.6. The maximum absolute atomic E-state index is 12.6. The molecule has 1 unspecified atom stereocenters. The van der Waals surface area contributed by atoms with Crippen molar-refractivity contribution in [3.05, 3.63) is 53.3 Å². The fraction of sp³-hybridized carbons (Fsp3) is 0.429. The lowest BCUT2D eigenvalue weighted by Gasteiger charge is -2.23. The number of hydrogen-bond donors (Lipinski definition) is 1. The molecule has 27 heavy (non-hydrogen) atoms. The minimum Gasteiger partial charge on any atom is -0.511 e. The lowest BCUT2D eigenvalue weighted by molar-refractivity contribution is -0.116. The largest absolute Gasteiger partial charge is 0.511 e. The molecule has 0 radical (unpaired) electrons. The molecule has 6 heteroatoms. The fourth-order valence-corrected chi connectivity index (χ4v) is 4.14. The summed E-state index contributed by atoms with van der Waals surface area (Å²) in [6.07, 6.45) is 4.82. The van der Waals surface area contributed by atoms with Crippen molar-refractivity contribution in [2.75, 3.05) is 12.4 Å². The highest BCUT2D eigenvalue weighted by molar-refractivity contribution is 7.99. The standard InChI is InChI=1S/C21H26ClNO3S/c1-3-5-18(23-26-11-4-2)21-19(24)13-15(14-20(21)25)10-12-27-17-8-6-16(22)7-9-17/h4,6-9,15,24H,2-3,5,10-14H2,1H3. The molecule has 0 fully saturated rings. The van der Waals surface area contributed by atoms with Crippen LogP contribution in [-0.4, -0.2) is 29.0 Å². The molecular formula is C21H26ClNO3S. The van der Waals surface area contributed by atoms with Crippen LogP contribution in [0.3, 0.4) is 0 Å². The van der Waals surface area contributed by atoms with Gasteiger partial charge in [0.2, 0.25) is 0 Å². The van der Waals surface area contributed by atoms with Crippen molar-refractivity contribution in [3.63, 3.8) is 0 Å². The highest BCUT2D eigenvalue weighted by Crippen LogP contribution is 2.32. The van der Waals surface area contributed by atoms with Gasteiger partial charge in [-0.2, -0.15) is 0 Å². The van der Waals surface area contributed by atoms with Gasteiger partial charge in [-0.3, -0.25) is 4.79 Å². The second kappa shape index (κ2) is 11.2. The van der Waals surface area contributed by atoms with Crippen LogP contribution in [-0.2, 0) is 9.63 Å². The lowest BCUT2D eigenvalue weighted by Crippen LogP contribution is -2.25. The number of benzene rings is 1. The van der Waals surface area contributed by atoms with Gasteiger partial charge in [-0.25, -0.2) is 0 Å². The normalized spacial score (nSPS) is 17.9. The molecule has 4 nitrogen and oxygen atoms in total. The van der Waals surface area contributed by atoms with Gasteiger partial charge in [-0.1, -0.05) is 42.8 Å². The van der Waals surface area contributed by atoms with E-state index in [1.165, 1.54) is 0 Å². The van der Waals surface area contributed by atoms with E-state index in [1.807, 2.05) is 31.2 Å². The van der Waals surface area contributed by atoms with Gasteiger partial charge in [0.25, 0.3) is 0 Å². The second-order valence-electron chi connectivity index (χ2n) is 6.48. The number of carbonyl (C=O) groups is 1. The molecule has 0 saturated carbocycles. The summed E-state index contributed by atoms with van der Waals surface area (Å²) in [7, 11) is 0.